The minimum Gasteiger partial charge on any atom is -0.354 e. The predicted octanol–water partition coefficient (Wildman–Crippen LogP) is 2.01. The maximum Gasteiger partial charge on any atom is 0.273 e. The highest BCUT2D eigenvalue weighted by Crippen LogP contribution is 2.28. The van der Waals surface area contributed by atoms with Crippen molar-refractivity contribution in [1.29, 1.82) is 0 Å². The topological polar surface area (TPSA) is 75.2 Å². The van der Waals surface area contributed by atoms with Crippen LogP contribution in [-0.4, -0.2) is 39.3 Å². The van der Waals surface area contributed by atoms with E-state index >= 15 is 0 Å². The fourth-order valence-corrected chi connectivity index (χ4v) is 3.04. The van der Waals surface area contributed by atoms with Crippen LogP contribution in [0.25, 0.3) is 11.3 Å². The number of carbonyl (C=O) groups is 2. The van der Waals surface area contributed by atoms with Crippen molar-refractivity contribution in [3.05, 3.63) is 47.9 Å². The molecule has 2 aliphatic rings. The lowest BCUT2D eigenvalue weighted by molar-refractivity contribution is -0.125. The Labute approximate surface area is 146 Å². The summed E-state index contributed by atoms with van der Waals surface area (Å²) >= 11 is 0. The molecular weight excluding hydrogens is 316 g/mol. The largest absolute Gasteiger partial charge is 0.354 e. The second-order valence-electron chi connectivity index (χ2n) is 6.74. The van der Waals surface area contributed by atoms with Crippen molar-refractivity contribution in [3.63, 3.8) is 0 Å². The summed E-state index contributed by atoms with van der Waals surface area (Å²) < 4.78 is 0. The Morgan fingerprint density at radius 2 is 2.20 bits per heavy atom. The smallest absolute Gasteiger partial charge is 0.273 e. The lowest BCUT2D eigenvalue weighted by atomic mass is 10.1. The highest BCUT2D eigenvalue weighted by atomic mass is 16.2. The third-order valence-corrected chi connectivity index (χ3v) is 4.85. The lowest BCUT2D eigenvalue weighted by Gasteiger charge is -2.23. The number of pyridine rings is 2. The quantitative estimate of drug-likeness (QED) is 0.906. The summed E-state index contributed by atoms with van der Waals surface area (Å²) in [7, 11) is 0. The van der Waals surface area contributed by atoms with E-state index in [1.807, 2.05) is 24.3 Å². The molecule has 1 N–H and O–H groups in total. The number of rotatable bonds is 5. The first-order chi connectivity index (χ1) is 12.1. The van der Waals surface area contributed by atoms with Crippen LogP contribution < -0.4 is 5.32 Å². The van der Waals surface area contributed by atoms with Crippen molar-refractivity contribution in [3.8, 4) is 11.3 Å². The molecule has 1 fully saturated rings. The minimum absolute atomic E-state index is 0.0967. The Hall–Kier alpha value is -2.76. The number of nitrogens with one attached hydrogen (secondary N) is 1. The van der Waals surface area contributed by atoms with Gasteiger partial charge >= 0.3 is 0 Å². The number of aromatic nitrogens is 2. The first-order valence-electron chi connectivity index (χ1n) is 8.62. The Bertz CT molecular complexity index is 817. The molecule has 2 aromatic rings. The zero-order valence-electron chi connectivity index (χ0n) is 14.1. The fraction of sp³-hybridized carbons (Fsp3) is 0.368. The summed E-state index contributed by atoms with van der Waals surface area (Å²) in [4.78, 5) is 35.3. The van der Waals surface area contributed by atoms with Crippen molar-refractivity contribution >= 4 is 11.8 Å². The van der Waals surface area contributed by atoms with Crippen LogP contribution in [0, 0.1) is 5.92 Å². The Balaban J connectivity index is 1.51. The molecule has 6 heteroatoms. The molecule has 4 rings (SSSR count). The molecule has 0 saturated heterocycles. The van der Waals surface area contributed by atoms with Crippen molar-refractivity contribution in [1.82, 2.24) is 20.2 Å². The van der Waals surface area contributed by atoms with Gasteiger partial charge in [-0.15, -0.1) is 0 Å². The van der Waals surface area contributed by atoms with Crippen molar-refractivity contribution in [2.45, 2.75) is 32.4 Å². The average molecular weight is 336 g/mol. The zero-order valence-corrected chi connectivity index (χ0v) is 14.1. The molecule has 1 saturated carbocycles. The Morgan fingerprint density at radius 1 is 1.36 bits per heavy atom. The van der Waals surface area contributed by atoms with E-state index in [4.69, 9.17) is 0 Å². The molecular formula is C19H20N4O2. The summed E-state index contributed by atoms with van der Waals surface area (Å²) in [6, 6.07) is 7.06. The molecule has 25 heavy (non-hydrogen) atoms. The average Bonchev–Trinajstić information content (AvgIpc) is 3.43. The monoisotopic (exact) mass is 336 g/mol. The molecule has 1 atom stereocenters. The highest BCUT2D eigenvalue weighted by Gasteiger charge is 2.35. The normalized spacial score (nSPS) is 17.3. The summed E-state index contributed by atoms with van der Waals surface area (Å²) in [6.07, 6.45) is 5.79. The van der Waals surface area contributed by atoms with Gasteiger partial charge in [0.25, 0.3) is 5.91 Å². The van der Waals surface area contributed by atoms with E-state index in [-0.39, 0.29) is 11.8 Å². The molecule has 0 aromatic carbocycles. The SMILES string of the molecule is C[C@H](C(=O)NCC1CC1)N1Cc2ccc(-c3cccnc3)nc2C1=O. The van der Waals surface area contributed by atoms with E-state index in [1.165, 1.54) is 12.8 Å². The van der Waals surface area contributed by atoms with Gasteiger partial charge in [-0.2, -0.15) is 0 Å². The van der Waals surface area contributed by atoms with Gasteiger partial charge in [0.15, 0.2) is 0 Å². The first kappa shape index (κ1) is 15.7. The van der Waals surface area contributed by atoms with E-state index in [0.717, 1.165) is 11.1 Å². The van der Waals surface area contributed by atoms with E-state index in [9.17, 15) is 9.59 Å². The Kier molecular flexibility index (Phi) is 3.95. The van der Waals surface area contributed by atoms with Gasteiger partial charge in [-0.05, 0) is 43.9 Å². The van der Waals surface area contributed by atoms with Crippen LogP contribution in [0.5, 0.6) is 0 Å². The molecule has 0 bridgehead atoms. The zero-order chi connectivity index (χ0) is 17.4. The summed E-state index contributed by atoms with van der Waals surface area (Å²) in [5.74, 6) is 0.335. The van der Waals surface area contributed by atoms with Gasteiger partial charge in [0.1, 0.15) is 11.7 Å². The standard InChI is InChI=1S/C19H20N4O2/c1-12(18(24)21-9-13-4-5-13)23-11-15-6-7-16(22-17(15)19(23)25)14-3-2-8-20-10-14/h2-3,6-8,10,12-13H,4-5,9,11H2,1H3,(H,21,24)/t12-/m1/s1. The number of fused-ring (bicyclic) bond motifs is 1. The number of carbonyl (C=O) groups excluding carboxylic acids is 2. The number of nitrogens with zero attached hydrogens (tertiary/aromatic N) is 3. The van der Waals surface area contributed by atoms with E-state index in [2.05, 4.69) is 15.3 Å². The molecule has 0 unspecified atom stereocenters. The molecule has 3 heterocycles. The molecule has 2 amide bonds. The van der Waals surface area contributed by atoms with Crippen LogP contribution in [0.3, 0.4) is 0 Å². The Morgan fingerprint density at radius 3 is 2.92 bits per heavy atom. The number of amides is 2. The van der Waals surface area contributed by atoms with Crippen LogP contribution in [0.1, 0.15) is 35.8 Å². The molecule has 0 spiro atoms. The minimum atomic E-state index is -0.498. The van der Waals surface area contributed by atoms with E-state index < -0.39 is 6.04 Å². The summed E-state index contributed by atoms with van der Waals surface area (Å²) in [5.41, 5.74) is 2.88. The van der Waals surface area contributed by atoms with Gasteiger partial charge in [0.2, 0.25) is 5.91 Å². The summed E-state index contributed by atoms with van der Waals surface area (Å²) in [6.45, 7) is 2.90. The van der Waals surface area contributed by atoms with Crippen LogP contribution >= 0.6 is 0 Å². The number of hydrogen-bond acceptors (Lipinski definition) is 4. The van der Waals surface area contributed by atoms with Crippen LogP contribution in [-0.2, 0) is 11.3 Å². The summed E-state index contributed by atoms with van der Waals surface area (Å²) in [5, 5.41) is 2.94. The second-order valence-corrected chi connectivity index (χ2v) is 6.74. The molecule has 1 aliphatic heterocycles. The molecule has 6 nitrogen and oxygen atoms in total. The van der Waals surface area contributed by atoms with E-state index in [1.54, 1.807) is 24.2 Å². The van der Waals surface area contributed by atoms with Crippen LogP contribution in [0.4, 0.5) is 0 Å². The third kappa shape index (κ3) is 3.12. The van der Waals surface area contributed by atoms with Gasteiger partial charge in [0.05, 0.1) is 5.69 Å². The predicted molar refractivity (Wildman–Crippen MR) is 92.5 cm³/mol. The fourth-order valence-electron chi connectivity index (χ4n) is 3.04. The van der Waals surface area contributed by atoms with Crippen LogP contribution in [0.15, 0.2) is 36.7 Å². The molecule has 2 aromatic heterocycles. The third-order valence-electron chi connectivity index (χ3n) is 4.85. The van der Waals surface area contributed by atoms with Gasteiger partial charge in [-0.25, -0.2) is 4.98 Å². The second kappa shape index (κ2) is 6.27. The lowest BCUT2D eigenvalue weighted by Crippen LogP contribution is -2.45. The van der Waals surface area contributed by atoms with Gasteiger partial charge in [-0.1, -0.05) is 6.07 Å². The van der Waals surface area contributed by atoms with Crippen LogP contribution in [0.2, 0.25) is 0 Å². The maximum absolute atomic E-state index is 12.7. The van der Waals surface area contributed by atoms with Gasteiger partial charge in [0, 0.05) is 36.6 Å². The van der Waals surface area contributed by atoms with Crippen molar-refractivity contribution in [2.75, 3.05) is 6.54 Å². The van der Waals surface area contributed by atoms with Gasteiger partial charge in [-0.3, -0.25) is 14.6 Å². The molecule has 0 radical (unpaired) electrons. The van der Waals surface area contributed by atoms with Crippen molar-refractivity contribution < 1.29 is 9.59 Å². The number of hydrogen-bond donors (Lipinski definition) is 1. The van der Waals surface area contributed by atoms with Crippen molar-refractivity contribution in [2.24, 2.45) is 5.92 Å². The molecule has 128 valence electrons. The first-order valence-corrected chi connectivity index (χ1v) is 8.62. The molecule has 1 aliphatic carbocycles. The van der Waals surface area contributed by atoms with E-state index in [0.29, 0.717) is 30.4 Å². The maximum atomic E-state index is 12.7. The van der Waals surface area contributed by atoms with Gasteiger partial charge < -0.3 is 10.2 Å². The highest BCUT2D eigenvalue weighted by molar-refractivity contribution is 5.99.